The Kier molecular flexibility index (Phi) is 4.47. The summed E-state index contributed by atoms with van der Waals surface area (Å²) in [4.78, 5) is 14.8. The molecule has 5 nitrogen and oxygen atoms in total. The molecule has 2 aliphatic rings. The van der Waals surface area contributed by atoms with E-state index >= 15 is 0 Å². The summed E-state index contributed by atoms with van der Waals surface area (Å²) in [5, 5.41) is 0. The quantitative estimate of drug-likeness (QED) is 0.848. The van der Waals surface area contributed by atoms with Crippen molar-refractivity contribution in [1.82, 2.24) is 9.21 Å². The third-order valence-corrected chi connectivity index (χ3v) is 6.80. The van der Waals surface area contributed by atoms with Gasteiger partial charge in [-0.3, -0.25) is 4.79 Å². The standard InChI is InChI=1S/C17H24N2O3S/c1-18(2)23(21,22)16-8-7-13-9-10-19(12-15(13)11-16)17(20)14-5-3-4-6-14/h7-8,11,14H,3-6,9-10,12H2,1-2H3. The first-order chi connectivity index (χ1) is 10.9. The Bertz CT molecular complexity index is 707. The van der Waals surface area contributed by atoms with E-state index in [1.54, 1.807) is 12.1 Å². The summed E-state index contributed by atoms with van der Waals surface area (Å²) in [6, 6.07) is 5.30. The molecule has 0 atom stereocenters. The van der Waals surface area contributed by atoms with Crippen molar-refractivity contribution in [2.24, 2.45) is 5.92 Å². The molecule has 1 aliphatic carbocycles. The molecule has 0 saturated heterocycles. The lowest BCUT2D eigenvalue weighted by Crippen LogP contribution is -2.39. The van der Waals surface area contributed by atoms with Crippen LogP contribution in [0.3, 0.4) is 0 Å². The molecule has 0 aromatic heterocycles. The van der Waals surface area contributed by atoms with Gasteiger partial charge in [-0.25, -0.2) is 12.7 Å². The fourth-order valence-corrected chi connectivity index (χ4v) is 4.48. The maximum atomic E-state index is 12.6. The first kappa shape index (κ1) is 16.5. The number of fused-ring (bicyclic) bond motifs is 1. The SMILES string of the molecule is CN(C)S(=O)(=O)c1ccc2c(c1)CN(C(=O)C1CCCC1)CC2. The molecule has 23 heavy (non-hydrogen) atoms. The average molecular weight is 336 g/mol. The highest BCUT2D eigenvalue weighted by Crippen LogP contribution is 2.29. The van der Waals surface area contributed by atoms with Crippen molar-refractivity contribution in [2.45, 2.75) is 43.5 Å². The monoisotopic (exact) mass is 336 g/mol. The van der Waals surface area contributed by atoms with Crippen molar-refractivity contribution in [2.75, 3.05) is 20.6 Å². The minimum atomic E-state index is -3.43. The van der Waals surface area contributed by atoms with Gasteiger partial charge in [-0.2, -0.15) is 0 Å². The molecule has 0 bridgehead atoms. The Balaban J connectivity index is 1.83. The number of benzene rings is 1. The van der Waals surface area contributed by atoms with Crippen LogP contribution in [0, 0.1) is 5.92 Å². The topological polar surface area (TPSA) is 57.7 Å². The zero-order chi connectivity index (χ0) is 16.6. The van der Waals surface area contributed by atoms with E-state index in [4.69, 9.17) is 0 Å². The van der Waals surface area contributed by atoms with Crippen molar-refractivity contribution < 1.29 is 13.2 Å². The Morgan fingerprint density at radius 1 is 1.17 bits per heavy atom. The molecular formula is C17H24N2O3S. The molecule has 6 heteroatoms. The van der Waals surface area contributed by atoms with Gasteiger partial charge >= 0.3 is 0 Å². The second-order valence-corrected chi connectivity index (χ2v) is 8.86. The van der Waals surface area contributed by atoms with E-state index < -0.39 is 10.0 Å². The molecule has 0 spiro atoms. The van der Waals surface area contributed by atoms with E-state index in [0.29, 0.717) is 11.4 Å². The molecular weight excluding hydrogens is 312 g/mol. The van der Waals surface area contributed by atoms with Gasteiger partial charge in [0, 0.05) is 33.1 Å². The number of hydrogen-bond donors (Lipinski definition) is 0. The lowest BCUT2D eigenvalue weighted by molar-refractivity contribution is -0.136. The van der Waals surface area contributed by atoms with Crippen LogP contribution in [0.15, 0.2) is 23.1 Å². The predicted octanol–water partition coefficient (Wildman–Crippen LogP) is 2.01. The molecule has 1 aromatic rings. The van der Waals surface area contributed by atoms with Crippen LogP contribution in [-0.2, 0) is 27.8 Å². The molecule has 1 fully saturated rings. The summed E-state index contributed by atoms with van der Waals surface area (Å²) < 4.78 is 25.8. The Morgan fingerprint density at radius 3 is 2.52 bits per heavy atom. The number of nitrogens with zero attached hydrogens (tertiary/aromatic N) is 2. The number of carbonyl (C=O) groups excluding carboxylic acids is 1. The largest absolute Gasteiger partial charge is 0.338 e. The van der Waals surface area contributed by atoms with Gasteiger partial charge in [-0.05, 0) is 42.5 Å². The van der Waals surface area contributed by atoms with Gasteiger partial charge in [0.05, 0.1) is 4.90 Å². The highest BCUT2D eigenvalue weighted by molar-refractivity contribution is 7.89. The maximum absolute atomic E-state index is 12.6. The van der Waals surface area contributed by atoms with Gasteiger partial charge in [-0.1, -0.05) is 18.9 Å². The van der Waals surface area contributed by atoms with Crippen LogP contribution < -0.4 is 0 Å². The lowest BCUT2D eigenvalue weighted by Gasteiger charge is -2.31. The summed E-state index contributed by atoms with van der Waals surface area (Å²) in [5.41, 5.74) is 2.11. The number of sulfonamides is 1. The summed E-state index contributed by atoms with van der Waals surface area (Å²) in [6.07, 6.45) is 5.09. The van der Waals surface area contributed by atoms with Crippen molar-refractivity contribution in [3.05, 3.63) is 29.3 Å². The molecule has 0 N–H and O–H groups in total. The van der Waals surface area contributed by atoms with Crippen molar-refractivity contribution in [3.63, 3.8) is 0 Å². The van der Waals surface area contributed by atoms with E-state index in [1.165, 1.54) is 18.4 Å². The molecule has 0 radical (unpaired) electrons. The Hall–Kier alpha value is -1.40. The van der Waals surface area contributed by atoms with Crippen LogP contribution in [0.1, 0.15) is 36.8 Å². The van der Waals surface area contributed by atoms with Gasteiger partial charge in [0.1, 0.15) is 0 Å². The van der Waals surface area contributed by atoms with E-state index in [0.717, 1.165) is 49.8 Å². The van der Waals surface area contributed by atoms with Crippen LogP contribution in [0.2, 0.25) is 0 Å². The van der Waals surface area contributed by atoms with Gasteiger partial charge in [0.15, 0.2) is 0 Å². The van der Waals surface area contributed by atoms with Gasteiger partial charge in [-0.15, -0.1) is 0 Å². The second kappa shape index (κ2) is 6.24. The predicted molar refractivity (Wildman–Crippen MR) is 88.4 cm³/mol. The molecule has 0 unspecified atom stereocenters. The molecule has 1 saturated carbocycles. The zero-order valence-corrected chi connectivity index (χ0v) is 14.6. The normalized spacial score (nSPS) is 19.2. The Labute approximate surface area is 138 Å². The average Bonchev–Trinajstić information content (AvgIpc) is 3.07. The zero-order valence-electron chi connectivity index (χ0n) is 13.8. The molecule has 126 valence electrons. The second-order valence-electron chi connectivity index (χ2n) is 6.71. The third-order valence-electron chi connectivity index (χ3n) is 4.98. The van der Waals surface area contributed by atoms with Crippen molar-refractivity contribution in [3.8, 4) is 0 Å². The minimum Gasteiger partial charge on any atom is -0.338 e. The van der Waals surface area contributed by atoms with Crippen LogP contribution in [0.5, 0.6) is 0 Å². The van der Waals surface area contributed by atoms with E-state index in [-0.39, 0.29) is 11.8 Å². The highest BCUT2D eigenvalue weighted by atomic mass is 32.2. The first-order valence-electron chi connectivity index (χ1n) is 8.22. The highest BCUT2D eigenvalue weighted by Gasteiger charge is 2.30. The van der Waals surface area contributed by atoms with Crippen molar-refractivity contribution >= 4 is 15.9 Å². The fourth-order valence-electron chi connectivity index (χ4n) is 3.52. The van der Waals surface area contributed by atoms with Gasteiger partial charge in [0.2, 0.25) is 15.9 Å². The molecule has 1 amide bonds. The van der Waals surface area contributed by atoms with Crippen LogP contribution >= 0.6 is 0 Å². The van der Waals surface area contributed by atoms with E-state index in [9.17, 15) is 13.2 Å². The molecule has 1 heterocycles. The van der Waals surface area contributed by atoms with Gasteiger partial charge in [0.25, 0.3) is 0 Å². The number of rotatable bonds is 3. The summed E-state index contributed by atoms with van der Waals surface area (Å²) in [6.45, 7) is 1.27. The van der Waals surface area contributed by atoms with Crippen molar-refractivity contribution in [1.29, 1.82) is 0 Å². The lowest BCUT2D eigenvalue weighted by atomic mass is 9.98. The molecule has 1 aromatic carbocycles. The van der Waals surface area contributed by atoms with Crippen LogP contribution in [0.4, 0.5) is 0 Å². The Morgan fingerprint density at radius 2 is 1.87 bits per heavy atom. The maximum Gasteiger partial charge on any atom is 0.242 e. The summed E-state index contributed by atoms with van der Waals surface area (Å²) in [7, 11) is -0.369. The summed E-state index contributed by atoms with van der Waals surface area (Å²) >= 11 is 0. The number of amides is 1. The van der Waals surface area contributed by atoms with E-state index in [1.807, 2.05) is 11.0 Å². The number of carbonyl (C=O) groups is 1. The third kappa shape index (κ3) is 3.15. The van der Waals surface area contributed by atoms with E-state index in [2.05, 4.69) is 0 Å². The van der Waals surface area contributed by atoms with Crippen LogP contribution in [-0.4, -0.2) is 44.2 Å². The first-order valence-corrected chi connectivity index (χ1v) is 9.67. The molecule has 3 rings (SSSR count). The number of hydrogen-bond acceptors (Lipinski definition) is 3. The smallest absolute Gasteiger partial charge is 0.242 e. The minimum absolute atomic E-state index is 0.172. The molecule has 1 aliphatic heterocycles. The van der Waals surface area contributed by atoms with Crippen LogP contribution in [0.25, 0.3) is 0 Å². The summed E-state index contributed by atoms with van der Waals surface area (Å²) in [5.74, 6) is 0.416. The fraction of sp³-hybridized carbons (Fsp3) is 0.588. The van der Waals surface area contributed by atoms with Gasteiger partial charge < -0.3 is 4.90 Å².